The predicted octanol–water partition coefficient (Wildman–Crippen LogP) is 2.30. The number of amides is 3. The summed E-state index contributed by atoms with van der Waals surface area (Å²) in [6.45, 7) is 4.13. The largest absolute Gasteiger partial charge is 0.507 e. The van der Waals surface area contributed by atoms with Crippen molar-refractivity contribution in [2.45, 2.75) is 44.8 Å². The minimum atomic E-state index is -0.796. The van der Waals surface area contributed by atoms with Gasteiger partial charge >= 0.3 is 0 Å². The molecule has 9 nitrogen and oxygen atoms in total. The van der Waals surface area contributed by atoms with Gasteiger partial charge in [-0.25, -0.2) is 0 Å². The highest BCUT2D eigenvalue weighted by atomic mass is 16.3. The van der Waals surface area contributed by atoms with Crippen LogP contribution in [0, 0.1) is 5.92 Å². The summed E-state index contributed by atoms with van der Waals surface area (Å²) in [5.41, 5.74) is 1.53. The molecule has 9 heteroatoms. The van der Waals surface area contributed by atoms with Crippen molar-refractivity contribution in [2.24, 2.45) is 5.92 Å². The highest BCUT2D eigenvalue weighted by molar-refractivity contribution is 6.04. The Labute approximate surface area is 217 Å². The molecule has 2 aliphatic heterocycles. The first kappa shape index (κ1) is 26.2. The maximum atomic E-state index is 13.7. The van der Waals surface area contributed by atoms with Crippen LogP contribution in [0.5, 0.6) is 5.75 Å². The molecule has 0 bridgehead atoms. The zero-order chi connectivity index (χ0) is 26.9. The summed E-state index contributed by atoms with van der Waals surface area (Å²) in [7, 11) is 3.83. The van der Waals surface area contributed by atoms with Gasteiger partial charge < -0.3 is 25.1 Å². The van der Waals surface area contributed by atoms with E-state index in [1.54, 1.807) is 24.3 Å². The molecule has 0 spiro atoms. The summed E-state index contributed by atoms with van der Waals surface area (Å²) in [5, 5.41) is 13.0. The number of benzene rings is 2. The second kappa shape index (κ2) is 10.6. The van der Waals surface area contributed by atoms with E-state index in [1.807, 2.05) is 45.0 Å². The molecule has 2 heterocycles. The number of hydrogen-bond donors (Lipinski definition) is 2. The average molecular weight is 507 g/mol. The molecule has 2 aliphatic rings. The zero-order valence-electron chi connectivity index (χ0n) is 21.7. The molecule has 2 aromatic rings. The molecule has 2 N–H and O–H groups in total. The van der Waals surface area contributed by atoms with Crippen molar-refractivity contribution >= 4 is 29.2 Å². The molecule has 0 saturated carbocycles. The zero-order valence-corrected chi connectivity index (χ0v) is 21.7. The summed E-state index contributed by atoms with van der Waals surface area (Å²) in [6, 6.07) is 11.3. The molecular formula is C28H34N4O5. The van der Waals surface area contributed by atoms with Crippen molar-refractivity contribution in [3.63, 3.8) is 0 Å². The standard InChI is InChI=1S/C28H34N4O5/c1-17(2)15-21(29-26(35)18-9-11-19(12-10-18)30(3)4)28(37)31-14-13-22-25(31)24(34)16-32(22)27(36)20-7-5-6-8-23(20)33/h5-12,17,21-22,25,33H,13-16H2,1-4H3,(H,29,35)/t21-,22?,25?/m0/s1. The fourth-order valence-corrected chi connectivity index (χ4v) is 5.19. The Balaban J connectivity index is 1.51. The summed E-state index contributed by atoms with van der Waals surface area (Å²) in [6.07, 6.45) is 0.874. The number of carbonyl (C=O) groups is 4. The molecule has 2 saturated heterocycles. The first-order valence-electron chi connectivity index (χ1n) is 12.6. The van der Waals surface area contributed by atoms with Crippen LogP contribution in [0.3, 0.4) is 0 Å². The van der Waals surface area contributed by atoms with Gasteiger partial charge in [-0.05, 0) is 55.2 Å². The van der Waals surface area contributed by atoms with Gasteiger partial charge in [0, 0.05) is 31.9 Å². The number of phenols is 1. The molecule has 2 unspecified atom stereocenters. The number of nitrogens with one attached hydrogen (secondary N) is 1. The fourth-order valence-electron chi connectivity index (χ4n) is 5.19. The Bertz CT molecular complexity index is 1190. The van der Waals surface area contributed by atoms with Gasteiger partial charge in [-0.1, -0.05) is 26.0 Å². The molecule has 2 fully saturated rings. The lowest BCUT2D eigenvalue weighted by molar-refractivity contribution is -0.138. The van der Waals surface area contributed by atoms with Crippen LogP contribution < -0.4 is 10.2 Å². The van der Waals surface area contributed by atoms with Gasteiger partial charge in [0.25, 0.3) is 11.8 Å². The first-order chi connectivity index (χ1) is 17.6. The normalized spacial score (nSPS) is 19.6. The van der Waals surface area contributed by atoms with Gasteiger partial charge in [0.15, 0.2) is 5.78 Å². The third-order valence-corrected chi connectivity index (χ3v) is 7.06. The van der Waals surface area contributed by atoms with Gasteiger partial charge in [0.1, 0.15) is 17.8 Å². The van der Waals surface area contributed by atoms with Gasteiger partial charge in [0.05, 0.1) is 18.2 Å². The number of rotatable bonds is 7. The number of likely N-dealkylation sites (tertiary alicyclic amines) is 2. The van der Waals surface area contributed by atoms with E-state index in [-0.39, 0.29) is 41.4 Å². The number of fused-ring (bicyclic) bond motifs is 1. The minimum Gasteiger partial charge on any atom is -0.507 e. The van der Waals surface area contributed by atoms with E-state index in [0.29, 0.717) is 24.9 Å². The van der Waals surface area contributed by atoms with Crippen LogP contribution in [-0.2, 0) is 9.59 Å². The highest BCUT2D eigenvalue weighted by Crippen LogP contribution is 2.33. The van der Waals surface area contributed by atoms with Gasteiger partial charge in [-0.15, -0.1) is 0 Å². The van der Waals surface area contributed by atoms with Crippen molar-refractivity contribution in [1.29, 1.82) is 0 Å². The lowest BCUT2D eigenvalue weighted by Gasteiger charge is -2.29. The second-order valence-electron chi connectivity index (χ2n) is 10.3. The predicted molar refractivity (Wildman–Crippen MR) is 140 cm³/mol. The van der Waals surface area contributed by atoms with Gasteiger partial charge in [-0.2, -0.15) is 0 Å². The molecule has 0 radical (unpaired) electrons. The van der Waals surface area contributed by atoms with E-state index >= 15 is 0 Å². The summed E-state index contributed by atoms with van der Waals surface area (Å²) < 4.78 is 0. The minimum absolute atomic E-state index is 0.119. The number of phenolic OH excluding ortho intramolecular Hbond substituents is 1. The summed E-state index contributed by atoms with van der Waals surface area (Å²) in [4.78, 5) is 57.8. The van der Waals surface area contributed by atoms with Gasteiger partial charge in [0.2, 0.25) is 5.91 Å². The molecule has 2 aromatic carbocycles. The molecule has 0 aliphatic carbocycles. The topological polar surface area (TPSA) is 110 Å². The van der Waals surface area contributed by atoms with E-state index in [9.17, 15) is 24.3 Å². The fraction of sp³-hybridized carbons (Fsp3) is 0.429. The van der Waals surface area contributed by atoms with Crippen LogP contribution in [-0.4, -0.2) is 83.7 Å². The number of para-hydroxylation sites is 1. The monoisotopic (exact) mass is 506 g/mol. The Kier molecular flexibility index (Phi) is 7.52. The maximum Gasteiger partial charge on any atom is 0.258 e. The number of hydrogen-bond acceptors (Lipinski definition) is 6. The van der Waals surface area contributed by atoms with Crippen LogP contribution in [0.1, 0.15) is 47.4 Å². The second-order valence-corrected chi connectivity index (χ2v) is 10.3. The number of Topliss-reactive ketones (excluding diaryl/α,β-unsaturated/α-hetero) is 1. The quantitative estimate of drug-likeness (QED) is 0.596. The van der Waals surface area contributed by atoms with Crippen LogP contribution >= 0.6 is 0 Å². The van der Waals surface area contributed by atoms with E-state index in [4.69, 9.17) is 0 Å². The third-order valence-electron chi connectivity index (χ3n) is 7.06. The average Bonchev–Trinajstić information content (AvgIpc) is 3.44. The molecule has 3 amide bonds. The van der Waals surface area contributed by atoms with Crippen molar-refractivity contribution in [1.82, 2.24) is 15.1 Å². The van der Waals surface area contributed by atoms with Crippen molar-refractivity contribution in [2.75, 3.05) is 32.1 Å². The SMILES string of the molecule is CC(C)C[C@H](NC(=O)c1ccc(N(C)C)cc1)C(=O)N1CCC2C1C(=O)CN2C(=O)c1ccccc1O. The molecule has 3 atom stereocenters. The van der Waals surface area contributed by atoms with Crippen molar-refractivity contribution in [3.05, 3.63) is 59.7 Å². The van der Waals surface area contributed by atoms with Crippen molar-refractivity contribution < 1.29 is 24.3 Å². The van der Waals surface area contributed by atoms with Crippen LogP contribution in [0.4, 0.5) is 5.69 Å². The maximum absolute atomic E-state index is 13.7. The Hall–Kier alpha value is -3.88. The van der Waals surface area contributed by atoms with Crippen molar-refractivity contribution in [3.8, 4) is 5.75 Å². The number of ketones is 1. The Morgan fingerprint density at radius 3 is 2.35 bits per heavy atom. The van der Waals surface area contributed by atoms with E-state index < -0.39 is 24.0 Å². The number of nitrogens with zero attached hydrogens (tertiary/aromatic N) is 3. The van der Waals surface area contributed by atoms with E-state index in [2.05, 4.69) is 5.32 Å². The molecular weight excluding hydrogens is 472 g/mol. The molecule has 4 rings (SSSR count). The third kappa shape index (κ3) is 5.30. The highest BCUT2D eigenvalue weighted by Gasteiger charge is 2.52. The smallest absolute Gasteiger partial charge is 0.258 e. The Morgan fingerprint density at radius 1 is 1.05 bits per heavy atom. The number of anilines is 1. The lowest BCUT2D eigenvalue weighted by atomic mass is 10.0. The number of carbonyl (C=O) groups excluding carboxylic acids is 4. The molecule has 196 valence electrons. The van der Waals surface area contributed by atoms with E-state index in [0.717, 1.165) is 5.69 Å². The van der Waals surface area contributed by atoms with Crippen LogP contribution in [0.25, 0.3) is 0 Å². The van der Waals surface area contributed by atoms with Crippen LogP contribution in [0.2, 0.25) is 0 Å². The number of aromatic hydroxyl groups is 1. The molecule has 37 heavy (non-hydrogen) atoms. The van der Waals surface area contributed by atoms with Crippen LogP contribution in [0.15, 0.2) is 48.5 Å². The van der Waals surface area contributed by atoms with E-state index in [1.165, 1.54) is 21.9 Å². The summed E-state index contributed by atoms with van der Waals surface area (Å²) in [5.74, 6) is -1.33. The van der Waals surface area contributed by atoms with Gasteiger partial charge in [-0.3, -0.25) is 19.2 Å². The first-order valence-corrected chi connectivity index (χ1v) is 12.6. The molecule has 0 aromatic heterocycles. The Morgan fingerprint density at radius 2 is 1.73 bits per heavy atom. The lowest BCUT2D eigenvalue weighted by Crippen LogP contribution is -2.53. The summed E-state index contributed by atoms with van der Waals surface area (Å²) >= 11 is 0.